The Bertz CT molecular complexity index is 479. The summed E-state index contributed by atoms with van der Waals surface area (Å²) in [6.45, 7) is 4.28. The van der Waals surface area contributed by atoms with Crippen molar-refractivity contribution in [2.75, 3.05) is 6.61 Å². The van der Waals surface area contributed by atoms with Crippen LogP contribution in [0.25, 0.3) is 0 Å². The predicted octanol–water partition coefficient (Wildman–Crippen LogP) is 2.05. The van der Waals surface area contributed by atoms with Crippen LogP contribution in [0.15, 0.2) is 30.4 Å². The fourth-order valence-corrected chi connectivity index (χ4v) is 1.10. The first kappa shape index (κ1) is 12.9. The van der Waals surface area contributed by atoms with E-state index in [1.165, 1.54) is 19.1 Å². The second-order valence-electron chi connectivity index (χ2n) is 3.40. The number of halogens is 1. The second kappa shape index (κ2) is 5.25. The van der Waals surface area contributed by atoms with E-state index in [1.54, 1.807) is 0 Å². The molecule has 90 valence electrons. The molecule has 0 aliphatic carbocycles. The lowest BCUT2D eigenvalue weighted by Gasteiger charge is -2.07. The molecule has 4 nitrogen and oxygen atoms in total. The Morgan fingerprint density at radius 2 is 2.12 bits per heavy atom. The largest absolute Gasteiger partial charge is 0.489 e. The van der Waals surface area contributed by atoms with Gasteiger partial charge in [-0.15, -0.1) is 0 Å². The average molecular weight is 238 g/mol. The van der Waals surface area contributed by atoms with Crippen LogP contribution < -0.4 is 4.74 Å². The lowest BCUT2D eigenvalue weighted by atomic mass is 10.1. The zero-order valence-electron chi connectivity index (χ0n) is 9.20. The molecular formula is C12H11FO4. The molecule has 1 aromatic rings. The van der Waals surface area contributed by atoms with E-state index >= 15 is 0 Å². The minimum absolute atomic E-state index is 0.0330. The van der Waals surface area contributed by atoms with Gasteiger partial charge in [-0.3, -0.25) is 4.79 Å². The van der Waals surface area contributed by atoms with Gasteiger partial charge < -0.3 is 9.84 Å². The number of carbonyl (C=O) groups is 2. The maximum Gasteiger partial charge on any atom is 0.334 e. The summed E-state index contributed by atoms with van der Waals surface area (Å²) >= 11 is 0. The minimum Gasteiger partial charge on any atom is -0.489 e. The average Bonchev–Trinajstić information content (AvgIpc) is 2.25. The van der Waals surface area contributed by atoms with E-state index in [9.17, 15) is 14.0 Å². The summed E-state index contributed by atoms with van der Waals surface area (Å²) in [4.78, 5) is 21.4. The number of benzene rings is 1. The third-order valence-electron chi connectivity index (χ3n) is 2.04. The van der Waals surface area contributed by atoms with Crippen LogP contribution in [0.4, 0.5) is 4.39 Å². The summed E-state index contributed by atoms with van der Waals surface area (Å²) in [5.74, 6) is -2.11. The van der Waals surface area contributed by atoms with Gasteiger partial charge in [-0.25, -0.2) is 9.18 Å². The number of carboxylic acid groups (broad SMARTS) is 1. The number of Topliss-reactive ketones (excluding diaryl/α,β-unsaturated/α-hetero) is 1. The zero-order valence-corrected chi connectivity index (χ0v) is 9.20. The Balaban J connectivity index is 2.75. The molecule has 1 rings (SSSR count). The Morgan fingerprint density at radius 3 is 2.59 bits per heavy atom. The second-order valence-corrected chi connectivity index (χ2v) is 3.40. The molecule has 0 radical (unpaired) electrons. The van der Waals surface area contributed by atoms with Gasteiger partial charge in [0.15, 0.2) is 5.78 Å². The molecule has 0 fully saturated rings. The van der Waals surface area contributed by atoms with Crippen LogP contribution in [0.1, 0.15) is 17.3 Å². The van der Waals surface area contributed by atoms with Gasteiger partial charge in [0.05, 0.1) is 11.1 Å². The first-order valence-electron chi connectivity index (χ1n) is 4.76. The van der Waals surface area contributed by atoms with Gasteiger partial charge in [-0.2, -0.15) is 0 Å². The first-order valence-corrected chi connectivity index (χ1v) is 4.76. The van der Waals surface area contributed by atoms with Crippen LogP contribution in [0.2, 0.25) is 0 Å². The lowest BCUT2D eigenvalue weighted by Crippen LogP contribution is -2.09. The molecule has 0 atom stereocenters. The molecule has 0 spiro atoms. The van der Waals surface area contributed by atoms with Gasteiger partial charge in [-0.05, 0) is 19.1 Å². The SMILES string of the molecule is C=C(COc1ccc(C(C)=O)c(F)c1)C(=O)O. The monoisotopic (exact) mass is 238 g/mol. The van der Waals surface area contributed by atoms with E-state index < -0.39 is 11.8 Å². The normalized spacial score (nSPS) is 9.76. The van der Waals surface area contributed by atoms with Gasteiger partial charge in [-0.1, -0.05) is 6.58 Å². The third-order valence-corrected chi connectivity index (χ3v) is 2.04. The molecule has 0 saturated heterocycles. The number of hydrogen-bond acceptors (Lipinski definition) is 3. The summed E-state index contributed by atoms with van der Waals surface area (Å²) < 4.78 is 18.4. The topological polar surface area (TPSA) is 63.6 Å². The highest BCUT2D eigenvalue weighted by Gasteiger charge is 2.09. The summed E-state index contributed by atoms with van der Waals surface area (Å²) in [6, 6.07) is 3.72. The molecule has 0 amide bonds. The van der Waals surface area contributed by atoms with E-state index in [0.29, 0.717) is 0 Å². The van der Waals surface area contributed by atoms with Gasteiger partial charge in [0.2, 0.25) is 0 Å². The van der Waals surface area contributed by atoms with Crippen molar-refractivity contribution in [3.8, 4) is 5.75 Å². The van der Waals surface area contributed by atoms with Gasteiger partial charge >= 0.3 is 5.97 Å². The standard InChI is InChI=1S/C12H11FO4/c1-7(12(15)16)6-17-9-3-4-10(8(2)14)11(13)5-9/h3-5H,1,6H2,2H3,(H,15,16). The molecular weight excluding hydrogens is 227 g/mol. The Labute approximate surface area is 97.3 Å². The maximum atomic E-state index is 13.3. The van der Waals surface area contributed by atoms with Gasteiger partial charge in [0, 0.05) is 6.07 Å². The Kier molecular flexibility index (Phi) is 3.98. The maximum absolute atomic E-state index is 13.3. The van der Waals surface area contributed by atoms with Crippen LogP contribution in [0, 0.1) is 5.82 Å². The fraction of sp³-hybridized carbons (Fsp3) is 0.167. The van der Waals surface area contributed by atoms with Crippen molar-refractivity contribution in [1.82, 2.24) is 0 Å². The Morgan fingerprint density at radius 1 is 1.47 bits per heavy atom. The number of carboxylic acids is 1. The van der Waals surface area contributed by atoms with Gasteiger partial charge in [0.25, 0.3) is 0 Å². The summed E-state index contributed by atoms with van der Waals surface area (Å²) in [6.07, 6.45) is 0. The molecule has 0 aromatic heterocycles. The highest BCUT2D eigenvalue weighted by molar-refractivity contribution is 5.94. The molecule has 0 aliphatic rings. The number of ketones is 1. The van der Waals surface area contributed by atoms with Crippen molar-refractivity contribution in [2.45, 2.75) is 6.92 Å². The van der Waals surface area contributed by atoms with E-state index in [4.69, 9.17) is 9.84 Å². The number of ether oxygens (including phenoxy) is 1. The fourth-order valence-electron chi connectivity index (χ4n) is 1.10. The first-order chi connectivity index (χ1) is 7.91. The molecule has 0 aliphatic heterocycles. The number of carbonyl (C=O) groups excluding carboxylic acids is 1. The van der Waals surface area contributed by atoms with Crippen molar-refractivity contribution in [1.29, 1.82) is 0 Å². The molecule has 1 N–H and O–H groups in total. The number of aliphatic carboxylic acids is 1. The highest BCUT2D eigenvalue weighted by atomic mass is 19.1. The van der Waals surface area contributed by atoms with E-state index in [2.05, 4.69) is 6.58 Å². The smallest absolute Gasteiger partial charge is 0.334 e. The molecule has 0 bridgehead atoms. The predicted molar refractivity (Wildman–Crippen MR) is 58.7 cm³/mol. The molecule has 0 unspecified atom stereocenters. The third kappa shape index (κ3) is 3.41. The highest BCUT2D eigenvalue weighted by Crippen LogP contribution is 2.17. The van der Waals surface area contributed by atoms with Crippen LogP contribution in [-0.2, 0) is 4.79 Å². The van der Waals surface area contributed by atoms with Crippen molar-refractivity contribution in [3.05, 3.63) is 41.7 Å². The van der Waals surface area contributed by atoms with Crippen molar-refractivity contribution >= 4 is 11.8 Å². The van der Waals surface area contributed by atoms with Crippen LogP contribution in [-0.4, -0.2) is 23.5 Å². The molecule has 0 saturated carbocycles. The van der Waals surface area contributed by atoms with Crippen LogP contribution in [0.3, 0.4) is 0 Å². The summed E-state index contributed by atoms with van der Waals surface area (Å²) in [5, 5.41) is 8.53. The lowest BCUT2D eigenvalue weighted by molar-refractivity contribution is -0.133. The van der Waals surface area contributed by atoms with Crippen LogP contribution in [0.5, 0.6) is 5.75 Å². The van der Waals surface area contributed by atoms with Gasteiger partial charge in [0.1, 0.15) is 18.2 Å². The van der Waals surface area contributed by atoms with Crippen molar-refractivity contribution < 1.29 is 23.8 Å². The van der Waals surface area contributed by atoms with Crippen molar-refractivity contribution in [2.24, 2.45) is 0 Å². The van der Waals surface area contributed by atoms with E-state index in [-0.39, 0.29) is 29.3 Å². The number of rotatable bonds is 5. The molecule has 1 aromatic carbocycles. The Hall–Kier alpha value is -2.17. The van der Waals surface area contributed by atoms with Crippen LogP contribution >= 0.6 is 0 Å². The summed E-state index contributed by atoms with van der Waals surface area (Å²) in [7, 11) is 0. The number of hydrogen-bond donors (Lipinski definition) is 1. The quantitative estimate of drug-likeness (QED) is 0.629. The molecule has 17 heavy (non-hydrogen) atoms. The molecule has 0 heterocycles. The molecule has 5 heteroatoms. The van der Waals surface area contributed by atoms with Crippen molar-refractivity contribution in [3.63, 3.8) is 0 Å². The summed E-state index contributed by atoms with van der Waals surface area (Å²) in [5.41, 5.74) is -0.171. The zero-order chi connectivity index (χ0) is 13.0. The minimum atomic E-state index is -1.18. The van der Waals surface area contributed by atoms with E-state index in [0.717, 1.165) is 6.07 Å². The van der Waals surface area contributed by atoms with E-state index in [1.807, 2.05) is 0 Å².